The second kappa shape index (κ2) is 10.1. The highest BCUT2D eigenvalue weighted by atomic mass is 16.5. The fraction of sp³-hybridized carbons (Fsp3) is 0.500. The lowest BCUT2D eigenvalue weighted by Crippen LogP contribution is -2.47. The SMILES string of the molecule is COc1ccc(C(=O)NC2CCCCC2CN2CCC(c3ccccc3)CC2)cc1. The quantitative estimate of drug-likeness (QED) is 0.745. The van der Waals surface area contributed by atoms with E-state index in [0.29, 0.717) is 17.4 Å². The minimum atomic E-state index is 0.0392. The molecule has 2 aliphatic rings. The molecule has 1 heterocycles. The Morgan fingerprint density at radius 2 is 1.67 bits per heavy atom. The molecule has 4 nitrogen and oxygen atoms in total. The molecule has 0 radical (unpaired) electrons. The van der Waals surface area contributed by atoms with Gasteiger partial charge in [-0.3, -0.25) is 4.79 Å². The van der Waals surface area contributed by atoms with Crippen molar-refractivity contribution in [1.82, 2.24) is 10.2 Å². The maximum atomic E-state index is 12.8. The van der Waals surface area contributed by atoms with Crippen molar-refractivity contribution in [2.24, 2.45) is 5.92 Å². The van der Waals surface area contributed by atoms with Gasteiger partial charge in [-0.25, -0.2) is 0 Å². The summed E-state index contributed by atoms with van der Waals surface area (Å²) in [6.45, 7) is 3.43. The van der Waals surface area contributed by atoms with E-state index in [2.05, 4.69) is 40.5 Å². The van der Waals surface area contributed by atoms with E-state index in [1.54, 1.807) is 7.11 Å². The van der Waals surface area contributed by atoms with Crippen molar-refractivity contribution in [3.63, 3.8) is 0 Å². The molecule has 2 aromatic rings. The molecular weight excluding hydrogens is 372 g/mol. The highest BCUT2D eigenvalue weighted by Crippen LogP contribution is 2.31. The fourth-order valence-electron chi connectivity index (χ4n) is 5.12. The number of carbonyl (C=O) groups is 1. The Hall–Kier alpha value is -2.33. The number of amides is 1. The lowest BCUT2D eigenvalue weighted by molar-refractivity contribution is 0.0874. The van der Waals surface area contributed by atoms with Gasteiger partial charge in [-0.2, -0.15) is 0 Å². The first-order valence-electron chi connectivity index (χ1n) is 11.4. The Morgan fingerprint density at radius 1 is 0.967 bits per heavy atom. The summed E-state index contributed by atoms with van der Waals surface area (Å²) in [4.78, 5) is 15.4. The van der Waals surface area contributed by atoms with E-state index in [9.17, 15) is 4.79 Å². The van der Waals surface area contributed by atoms with Gasteiger partial charge in [0.2, 0.25) is 0 Å². The molecule has 1 aliphatic carbocycles. The standard InChI is InChI=1S/C26H34N2O2/c1-30-24-13-11-22(12-14-24)26(29)27-25-10-6-5-9-23(25)19-28-17-15-21(16-18-28)20-7-3-2-4-8-20/h2-4,7-8,11-14,21,23,25H,5-6,9-10,15-19H2,1H3,(H,27,29). The Morgan fingerprint density at radius 3 is 2.37 bits per heavy atom. The predicted octanol–water partition coefficient (Wildman–Crippen LogP) is 4.86. The van der Waals surface area contributed by atoms with Gasteiger partial charge in [-0.1, -0.05) is 43.2 Å². The maximum Gasteiger partial charge on any atom is 0.251 e. The number of benzene rings is 2. The van der Waals surface area contributed by atoms with Gasteiger partial charge < -0.3 is 15.0 Å². The van der Waals surface area contributed by atoms with Crippen LogP contribution < -0.4 is 10.1 Å². The molecule has 30 heavy (non-hydrogen) atoms. The van der Waals surface area contributed by atoms with Gasteiger partial charge in [0, 0.05) is 18.2 Å². The summed E-state index contributed by atoms with van der Waals surface area (Å²) in [5.74, 6) is 2.06. The van der Waals surface area contributed by atoms with Crippen LogP contribution in [0.3, 0.4) is 0 Å². The molecule has 0 spiro atoms. The molecule has 1 N–H and O–H groups in total. The third-order valence-corrected chi connectivity index (χ3v) is 6.93. The fourth-order valence-corrected chi connectivity index (χ4v) is 5.12. The van der Waals surface area contributed by atoms with Crippen LogP contribution in [0.2, 0.25) is 0 Å². The molecule has 160 valence electrons. The van der Waals surface area contributed by atoms with Crippen LogP contribution in [0.15, 0.2) is 54.6 Å². The molecule has 4 rings (SSSR count). The van der Waals surface area contributed by atoms with E-state index in [1.165, 1.54) is 37.7 Å². The Kier molecular flexibility index (Phi) is 7.06. The number of hydrogen-bond donors (Lipinski definition) is 1. The van der Waals surface area contributed by atoms with Gasteiger partial charge >= 0.3 is 0 Å². The molecule has 2 unspecified atom stereocenters. The second-order valence-corrected chi connectivity index (χ2v) is 8.84. The van der Waals surface area contributed by atoms with Crippen LogP contribution in [-0.2, 0) is 0 Å². The zero-order valence-corrected chi connectivity index (χ0v) is 18.1. The first kappa shape index (κ1) is 20.9. The third-order valence-electron chi connectivity index (χ3n) is 6.93. The van der Waals surface area contributed by atoms with Crippen LogP contribution in [0.25, 0.3) is 0 Å². The van der Waals surface area contributed by atoms with Crippen molar-refractivity contribution in [2.45, 2.75) is 50.5 Å². The summed E-state index contributed by atoms with van der Waals surface area (Å²) in [7, 11) is 1.64. The van der Waals surface area contributed by atoms with Gasteiger partial charge in [0.05, 0.1) is 7.11 Å². The molecule has 0 bridgehead atoms. The number of piperidine rings is 1. The van der Waals surface area contributed by atoms with Gasteiger partial charge in [-0.05, 0) is 80.4 Å². The Labute approximate surface area is 180 Å². The van der Waals surface area contributed by atoms with Crippen LogP contribution >= 0.6 is 0 Å². The predicted molar refractivity (Wildman–Crippen MR) is 121 cm³/mol. The van der Waals surface area contributed by atoms with Crippen molar-refractivity contribution in [3.05, 3.63) is 65.7 Å². The van der Waals surface area contributed by atoms with Crippen molar-refractivity contribution >= 4 is 5.91 Å². The number of ether oxygens (including phenoxy) is 1. The van der Waals surface area contributed by atoms with Crippen LogP contribution in [0, 0.1) is 5.92 Å². The average molecular weight is 407 g/mol. The zero-order valence-electron chi connectivity index (χ0n) is 18.1. The summed E-state index contributed by atoms with van der Waals surface area (Å²) < 4.78 is 5.20. The van der Waals surface area contributed by atoms with Gasteiger partial charge in [0.15, 0.2) is 0 Å². The van der Waals surface area contributed by atoms with Crippen LogP contribution in [0.4, 0.5) is 0 Å². The van der Waals surface area contributed by atoms with Crippen molar-refractivity contribution < 1.29 is 9.53 Å². The van der Waals surface area contributed by atoms with Crippen molar-refractivity contribution in [1.29, 1.82) is 0 Å². The second-order valence-electron chi connectivity index (χ2n) is 8.84. The lowest BCUT2D eigenvalue weighted by atomic mass is 9.83. The van der Waals surface area contributed by atoms with Crippen molar-refractivity contribution in [3.8, 4) is 5.75 Å². The zero-order chi connectivity index (χ0) is 20.8. The summed E-state index contributed by atoms with van der Waals surface area (Å²) in [6.07, 6.45) is 7.26. The number of nitrogens with zero attached hydrogens (tertiary/aromatic N) is 1. The van der Waals surface area contributed by atoms with Gasteiger partial charge in [0.25, 0.3) is 5.91 Å². The molecule has 1 aliphatic heterocycles. The number of carbonyl (C=O) groups excluding carboxylic acids is 1. The third kappa shape index (κ3) is 5.23. The van der Waals surface area contributed by atoms with Crippen LogP contribution in [0.5, 0.6) is 5.75 Å². The van der Waals surface area contributed by atoms with Crippen LogP contribution in [-0.4, -0.2) is 43.6 Å². The topological polar surface area (TPSA) is 41.6 Å². The minimum Gasteiger partial charge on any atom is -0.497 e. The molecule has 2 fully saturated rings. The number of likely N-dealkylation sites (tertiary alicyclic amines) is 1. The van der Waals surface area contributed by atoms with E-state index in [4.69, 9.17) is 4.74 Å². The first-order chi connectivity index (χ1) is 14.7. The molecule has 1 saturated heterocycles. The summed E-state index contributed by atoms with van der Waals surface area (Å²) in [6, 6.07) is 18.6. The van der Waals surface area contributed by atoms with E-state index < -0.39 is 0 Å². The first-order valence-corrected chi connectivity index (χ1v) is 11.4. The number of methoxy groups -OCH3 is 1. The average Bonchev–Trinajstić information content (AvgIpc) is 2.81. The van der Waals surface area contributed by atoms with Gasteiger partial charge in [0.1, 0.15) is 5.75 Å². The maximum absolute atomic E-state index is 12.8. The number of hydrogen-bond acceptors (Lipinski definition) is 3. The van der Waals surface area contributed by atoms with Gasteiger partial charge in [-0.15, -0.1) is 0 Å². The summed E-state index contributed by atoms with van der Waals surface area (Å²) >= 11 is 0. The molecule has 2 atom stereocenters. The smallest absolute Gasteiger partial charge is 0.251 e. The summed E-state index contributed by atoms with van der Waals surface area (Å²) in [5.41, 5.74) is 2.20. The Balaban J connectivity index is 1.31. The number of nitrogens with one attached hydrogen (secondary N) is 1. The van der Waals surface area contributed by atoms with Crippen LogP contribution in [0.1, 0.15) is 60.4 Å². The molecule has 0 aromatic heterocycles. The molecular formula is C26H34N2O2. The summed E-state index contributed by atoms with van der Waals surface area (Å²) in [5, 5.41) is 3.34. The van der Waals surface area contributed by atoms with E-state index in [1.807, 2.05) is 24.3 Å². The lowest BCUT2D eigenvalue weighted by Gasteiger charge is -2.39. The van der Waals surface area contributed by atoms with Crippen molar-refractivity contribution in [2.75, 3.05) is 26.7 Å². The van der Waals surface area contributed by atoms with E-state index in [-0.39, 0.29) is 11.9 Å². The highest BCUT2D eigenvalue weighted by Gasteiger charge is 2.30. The highest BCUT2D eigenvalue weighted by molar-refractivity contribution is 5.94. The van der Waals surface area contributed by atoms with E-state index in [0.717, 1.165) is 31.8 Å². The largest absolute Gasteiger partial charge is 0.497 e. The normalized spacial score (nSPS) is 23.1. The number of rotatable bonds is 6. The molecule has 1 saturated carbocycles. The molecule has 1 amide bonds. The molecule has 4 heteroatoms. The monoisotopic (exact) mass is 406 g/mol. The minimum absolute atomic E-state index is 0.0392. The molecule has 2 aromatic carbocycles. The van der Waals surface area contributed by atoms with E-state index >= 15 is 0 Å². The Bertz CT molecular complexity index is 798.